The van der Waals surface area contributed by atoms with E-state index in [0.29, 0.717) is 44.7 Å². The van der Waals surface area contributed by atoms with Gasteiger partial charge in [0, 0.05) is 38.1 Å². The van der Waals surface area contributed by atoms with Crippen molar-refractivity contribution >= 4 is 36.4 Å². The molecule has 2 fully saturated rings. The number of nitrogens with zero attached hydrogens (tertiary/aromatic N) is 2. The molecule has 3 rings (SSSR count). The lowest BCUT2D eigenvalue weighted by Crippen LogP contribution is -2.50. The monoisotopic (exact) mass is 379 g/mol. The first kappa shape index (κ1) is 21.0. The van der Waals surface area contributed by atoms with Crippen LogP contribution in [0.5, 0.6) is 0 Å². The average Bonchev–Trinajstić information content (AvgIpc) is 2.87. The van der Waals surface area contributed by atoms with E-state index in [0.717, 1.165) is 0 Å². The fraction of sp³-hybridized carbons (Fsp3) is 0.562. The molecule has 8 heteroatoms. The third kappa shape index (κ3) is 4.30. The second-order valence-electron chi connectivity index (χ2n) is 6.16. The van der Waals surface area contributed by atoms with Gasteiger partial charge in [-0.05, 0) is 25.0 Å². The van der Waals surface area contributed by atoms with Gasteiger partial charge in [0.2, 0.25) is 5.91 Å². The highest BCUT2D eigenvalue weighted by Crippen LogP contribution is 2.27. The number of amides is 1. The van der Waals surface area contributed by atoms with Crippen LogP contribution in [0.15, 0.2) is 24.3 Å². The molecule has 1 aliphatic carbocycles. The van der Waals surface area contributed by atoms with E-state index < -0.39 is 6.10 Å². The molecule has 1 heterocycles. The number of hydrogen-bond donors (Lipinski definition) is 2. The highest BCUT2D eigenvalue weighted by Gasteiger charge is 2.37. The van der Waals surface area contributed by atoms with Gasteiger partial charge in [-0.3, -0.25) is 4.79 Å². The number of rotatable bonds is 2. The topological polar surface area (TPSA) is 69.8 Å². The summed E-state index contributed by atoms with van der Waals surface area (Å²) in [6.45, 7) is 2.39. The van der Waals surface area contributed by atoms with E-state index in [1.165, 1.54) is 6.07 Å². The zero-order valence-corrected chi connectivity index (χ0v) is 14.9. The Bertz CT molecular complexity index is 546. The molecule has 3 atom stereocenters. The number of carbonyl (C=O) groups is 1. The molecule has 0 radical (unpaired) electrons. The van der Waals surface area contributed by atoms with Crippen LogP contribution in [0.25, 0.3) is 0 Å². The summed E-state index contributed by atoms with van der Waals surface area (Å²) in [6, 6.07) is 6.41. The summed E-state index contributed by atoms with van der Waals surface area (Å²) in [5, 5.41) is 9.69. The Labute approximate surface area is 153 Å². The summed E-state index contributed by atoms with van der Waals surface area (Å²) in [6.07, 6.45) is 0.426. The number of piperazine rings is 1. The Kier molecular flexibility index (Phi) is 7.73. The molecule has 2 aliphatic rings. The standard InChI is InChI=1S/C16H22FN3O2.2ClH/c17-12-3-1-2-4-14(12)19-5-7-20(8-6-19)16(22)11-9-13(18)15(21)10-11;;/h1-4,11,13,15,21H,5-10,18H2;2*1H/t11-,13-,15-;;/m0../s1. The number of halogens is 3. The van der Waals surface area contributed by atoms with Crippen LogP contribution in [0.4, 0.5) is 10.1 Å². The molecular weight excluding hydrogens is 356 g/mol. The van der Waals surface area contributed by atoms with Crippen molar-refractivity contribution in [2.45, 2.75) is 25.0 Å². The van der Waals surface area contributed by atoms with Crippen molar-refractivity contribution < 1.29 is 14.3 Å². The van der Waals surface area contributed by atoms with Crippen LogP contribution in [-0.2, 0) is 4.79 Å². The van der Waals surface area contributed by atoms with Crippen molar-refractivity contribution in [1.82, 2.24) is 4.90 Å². The van der Waals surface area contributed by atoms with Crippen LogP contribution in [0.1, 0.15) is 12.8 Å². The Morgan fingerprint density at radius 3 is 2.29 bits per heavy atom. The van der Waals surface area contributed by atoms with E-state index >= 15 is 0 Å². The minimum Gasteiger partial charge on any atom is -0.391 e. The van der Waals surface area contributed by atoms with Crippen LogP contribution >= 0.6 is 24.8 Å². The maximum atomic E-state index is 13.8. The van der Waals surface area contributed by atoms with Gasteiger partial charge >= 0.3 is 0 Å². The lowest BCUT2D eigenvalue weighted by molar-refractivity contribution is -0.135. The third-order valence-corrected chi connectivity index (χ3v) is 4.71. The van der Waals surface area contributed by atoms with Crippen molar-refractivity contribution in [3.8, 4) is 0 Å². The fourth-order valence-electron chi connectivity index (χ4n) is 3.38. The molecule has 1 aromatic carbocycles. The smallest absolute Gasteiger partial charge is 0.225 e. The Morgan fingerprint density at radius 1 is 1.12 bits per heavy atom. The van der Waals surface area contributed by atoms with E-state index in [1.807, 2.05) is 15.9 Å². The van der Waals surface area contributed by atoms with Crippen LogP contribution in [0.3, 0.4) is 0 Å². The number of aliphatic hydroxyl groups excluding tert-OH is 1. The maximum absolute atomic E-state index is 13.8. The van der Waals surface area contributed by atoms with Gasteiger partial charge < -0.3 is 20.6 Å². The minimum absolute atomic E-state index is 0. The van der Waals surface area contributed by atoms with Crippen LogP contribution in [0.2, 0.25) is 0 Å². The summed E-state index contributed by atoms with van der Waals surface area (Å²) in [7, 11) is 0. The summed E-state index contributed by atoms with van der Waals surface area (Å²) >= 11 is 0. The van der Waals surface area contributed by atoms with Gasteiger partial charge in [-0.15, -0.1) is 24.8 Å². The van der Waals surface area contributed by atoms with Crippen molar-refractivity contribution in [1.29, 1.82) is 0 Å². The Morgan fingerprint density at radius 2 is 1.75 bits per heavy atom. The fourth-order valence-corrected chi connectivity index (χ4v) is 3.38. The summed E-state index contributed by atoms with van der Waals surface area (Å²) in [4.78, 5) is 16.2. The molecule has 5 nitrogen and oxygen atoms in total. The normalized spacial score (nSPS) is 26.5. The molecule has 24 heavy (non-hydrogen) atoms. The molecule has 1 saturated heterocycles. The van der Waals surface area contributed by atoms with E-state index in [1.54, 1.807) is 12.1 Å². The zero-order valence-electron chi connectivity index (χ0n) is 13.3. The lowest BCUT2D eigenvalue weighted by atomic mass is 10.1. The van der Waals surface area contributed by atoms with Crippen LogP contribution in [0, 0.1) is 11.7 Å². The summed E-state index contributed by atoms with van der Waals surface area (Å²) in [5.74, 6) is -0.336. The van der Waals surface area contributed by atoms with Crippen LogP contribution < -0.4 is 10.6 Å². The number of anilines is 1. The van der Waals surface area contributed by atoms with Crippen molar-refractivity contribution in [3.05, 3.63) is 30.1 Å². The van der Waals surface area contributed by atoms with E-state index in [2.05, 4.69) is 0 Å². The first-order valence-corrected chi connectivity index (χ1v) is 7.78. The predicted octanol–water partition coefficient (Wildman–Crippen LogP) is 1.42. The van der Waals surface area contributed by atoms with Crippen molar-refractivity contribution in [3.63, 3.8) is 0 Å². The molecule has 1 amide bonds. The number of carbonyl (C=O) groups excluding carboxylic acids is 1. The molecular formula is C16H24Cl2FN3O2. The number of nitrogens with two attached hydrogens (primary N) is 1. The third-order valence-electron chi connectivity index (χ3n) is 4.71. The molecule has 0 aromatic heterocycles. The molecule has 1 aliphatic heterocycles. The van der Waals surface area contributed by atoms with Crippen molar-refractivity contribution in [2.24, 2.45) is 11.7 Å². The Hall–Kier alpha value is -1.08. The maximum Gasteiger partial charge on any atom is 0.225 e. The molecule has 1 aromatic rings. The second kappa shape index (κ2) is 8.85. The molecule has 0 unspecified atom stereocenters. The number of hydrogen-bond acceptors (Lipinski definition) is 4. The van der Waals surface area contributed by atoms with Gasteiger partial charge in [0.1, 0.15) is 5.82 Å². The number of benzene rings is 1. The van der Waals surface area contributed by atoms with Crippen molar-refractivity contribution in [2.75, 3.05) is 31.1 Å². The molecule has 0 spiro atoms. The highest BCUT2D eigenvalue weighted by atomic mass is 35.5. The second-order valence-corrected chi connectivity index (χ2v) is 6.16. The van der Waals surface area contributed by atoms with Gasteiger partial charge in [0.05, 0.1) is 11.8 Å². The highest BCUT2D eigenvalue weighted by molar-refractivity contribution is 5.85. The first-order valence-electron chi connectivity index (χ1n) is 7.78. The zero-order chi connectivity index (χ0) is 15.7. The largest absolute Gasteiger partial charge is 0.391 e. The number of para-hydroxylation sites is 1. The van der Waals surface area contributed by atoms with E-state index in [4.69, 9.17) is 5.73 Å². The van der Waals surface area contributed by atoms with Gasteiger partial charge in [0.15, 0.2) is 0 Å². The SMILES string of the molecule is Cl.Cl.N[C@H]1C[C@H](C(=O)N2CCN(c3ccccc3F)CC2)C[C@@H]1O. The molecule has 136 valence electrons. The minimum atomic E-state index is -0.575. The van der Waals surface area contributed by atoms with Crippen LogP contribution in [-0.4, -0.2) is 54.2 Å². The number of aliphatic hydroxyl groups is 1. The molecule has 0 bridgehead atoms. The Balaban J connectivity index is 0.00000144. The average molecular weight is 380 g/mol. The van der Waals surface area contributed by atoms with Gasteiger partial charge in [0.25, 0.3) is 0 Å². The summed E-state index contributed by atoms with van der Waals surface area (Å²) in [5.41, 5.74) is 6.37. The summed E-state index contributed by atoms with van der Waals surface area (Å²) < 4.78 is 13.8. The van der Waals surface area contributed by atoms with Gasteiger partial charge in [-0.1, -0.05) is 12.1 Å². The van der Waals surface area contributed by atoms with E-state index in [9.17, 15) is 14.3 Å². The quantitative estimate of drug-likeness (QED) is 0.814. The van der Waals surface area contributed by atoms with Gasteiger partial charge in [-0.2, -0.15) is 0 Å². The predicted molar refractivity (Wildman–Crippen MR) is 96.4 cm³/mol. The van der Waals surface area contributed by atoms with E-state index in [-0.39, 0.29) is 48.5 Å². The molecule has 3 N–H and O–H groups in total. The lowest BCUT2D eigenvalue weighted by Gasteiger charge is -2.37. The van der Waals surface area contributed by atoms with Gasteiger partial charge in [-0.25, -0.2) is 4.39 Å². The first-order chi connectivity index (χ1) is 10.6. The molecule has 1 saturated carbocycles.